The molecule has 1 amide bonds. The van der Waals surface area contributed by atoms with Crippen molar-refractivity contribution in [2.75, 3.05) is 13.6 Å². The molecule has 1 aromatic rings. The van der Waals surface area contributed by atoms with Gasteiger partial charge in [-0.1, -0.05) is 5.92 Å². The number of carbonyl (C=O) groups excluding carboxylic acids is 1. The first-order valence-corrected chi connectivity index (χ1v) is 5.74. The number of furan rings is 1. The van der Waals surface area contributed by atoms with E-state index in [0.717, 1.165) is 0 Å². The van der Waals surface area contributed by atoms with E-state index in [1.54, 1.807) is 0 Å². The minimum atomic E-state index is -3.67. The third-order valence-electron chi connectivity index (χ3n) is 1.69. The summed E-state index contributed by atoms with van der Waals surface area (Å²) in [4.78, 5) is 11.3. The highest BCUT2D eigenvalue weighted by atomic mass is 32.2. The molecule has 0 aliphatic heterocycles. The van der Waals surface area contributed by atoms with Crippen molar-refractivity contribution in [1.82, 2.24) is 10.0 Å². The lowest BCUT2D eigenvalue weighted by Gasteiger charge is -1.98. The van der Waals surface area contributed by atoms with Gasteiger partial charge in [-0.05, 0) is 19.2 Å². The Labute approximate surface area is 93.1 Å². The first-order valence-electron chi connectivity index (χ1n) is 4.26. The highest BCUT2D eigenvalue weighted by Gasteiger charge is 2.18. The third-order valence-corrected chi connectivity index (χ3v) is 2.98. The number of hydrogen-bond acceptors (Lipinski definition) is 4. The Morgan fingerprint density at radius 1 is 1.56 bits per heavy atom. The summed E-state index contributed by atoms with van der Waals surface area (Å²) in [6.07, 6.45) is 4.95. The second kappa shape index (κ2) is 4.83. The smallest absolute Gasteiger partial charge is 0.287 e. The van der Waals surface area contributed by atoms with Crippen LogP contribution in [0.15, 0.2) is 21.6 Å². The molecule has 0 spiro atoms. The molecular formula is C9H10N2O4S. The van der Waals surface area contributed by atoms with E-state index in [-0.39, 0.29) is 17.4 Å². The van der Waals surface area contributed by atoms with Gasteiger partial charge in [-0.2, -0.15) is 0 Å². The van der Waals surface area contributed by atoms with Crippen LogP contribution in [-0.2, 0) is 10.0 Å². The van der Waals surface area contributed by atoms with Crippen LogP contribution in [0.1, 0.15) is 10.6 Å². The highest BCUT2D eigenvalue weighted by Crippen LogP contribution is 2.12. The molecule has 0 bridgehead atoms. The standard InChI is InChI=1S/C9H10N2O4S/c1-3-6-11-9(12)7-4-5-8(15-7)16(13,14)10-2/h1,4-5,10H,6H2,2H3,(H,11,12). The largest absolute Gasteiger partial charge is 0.438 e. The molecule has 0 aromatic carbocycles. The van der Waals surface area contributed by atoms with Gasteiger partial charge in [0.1, 0.15) is 0 Å². The predicted octanol–water partition coefficient (Wildman–Crippen LogP) is -0.449. The fraction of sp³-hybridized carbons (Fsp3) is 0.222. The van der Waals surface area contributed by atoms with Gasteiger partial charge in [0.05, 0.1) is 6.54 Å². The first-order chi connectivity index (χ1) is 7.51. The van der Waals surface area contributed by atoms with Crippen LogP contribution in [0.5, 0.6) is 0 Å². The fourth-order valence-corrected chi connectivity index (χ4v) is 1.55. The molecule has 6 nitrogen and oxygen atoms in total. The molecule has 0 atom stereocenters. The Morgan fingerprint density at radius 2 is 2.25 bits per heavy atom. The van der Waals surface area contributed by atoms with Crippen molar-refractivity contribution in [2.24, 2.45) is 0 Å². The van der Waals surface area contributed by atoms with Crippen LogP contribution in [-0.4, -0.2) is 27.9 Å². The molecule has 1 heterocycles. The molecule has 2 N–H and O–H groups in total. The molecule has 0 fully saturated rings. The fourth-order valence-electron chi connectivity index (χ4n) is 0.906. The van der Waals surface area contributed by atoms with E-state index in [4.69, 9.17) is 10.8 Å². The zero-order chi connectivity index (χ0) is 12.2. The van der Waals surface area contributed by atoms with E-state index in [1.165, 1.54) is 19.2 Å². The lowest BCUT2D eigenvalue weighted by atomic mass is 10.4. The predicted molar refractivity (Wildman–Crippen MR) is 56.1 cm³/mol. The van der Waals surface area contributed by atoms with E-state index in [1.807, 2.05) is 0 Å². The Hall–Kier alpha value is -1.78. The molecule has 86 valence electrons. The molecule has 7 heteroatoms. The second-order valence-electron chi connectivity index (χ2n) is 2.71. The van der Waals surface area contributed by atoms with E-state index < -0.39 is 15.9 Å². The van der Waals surface area contributed by atoms with Crippen LogP contribution in [0.2, 0.25) is 0 Å². The van der Waals surface area contributed by atoms with Gasteiger partial charge in [-0.3, -0.25) is 4.79 Å². The quantitative estimate of drug-likeness (QED) is 0.700. The SMILES string of the molecule is C#CCNC(=O)c1ccc(S(=O)(=O)NC)o1. The minimum absolute atomic E-state index is 0.0493. The average Bonchev–Trinajstić information content (AvgIpc) is 2.75. The topological polar surface area (TPSA) is 88.4 Å². The summed E-state index contributed by atoms with van der Waals surface area (Å²) in [6.45, 7) is 0.0493. The van der Waals surface area contributed by atoms with Crippen molar-refractivity contribution in [3.63, 3.8) is 0 Å². The summed E-state index contributed by atoms with van der Waals surface area (Å²) in [6, 6.07) is 2.45. The summed E-state index contributed by atoms with van der Waals surface area (Å²) in [5.74, 6) is 1.55. The zero-order valence-electron chi connectivity index (χ0n) is 8.48. The van der Waals surface area contributed by atoms with Gasteiger partial charge in [0.2, 0.25) is 5.09 Å². The number of terminal acetylenes is 1. The first kappa shape index (κ1) is 12.3. The van der Waals surface area contributed by atoms with E-state index >= 15 is 0 Å². The van der Waals surface area contributed by atoms with Crippen molar-refractivity contribution >= 4 is 15.9 Å². The second-order valence-corrected chi connectivity index (χ2v) is 4.53. The third kappa shape index (κ3) is 2.62. The molecule has 1 aromatic heterocycles. The van der Waals surface area contributed by atoms with Crippen molar-refractivity contribution in [2.45, 2.75) is 5.09 Å². The summed E-state index contributed by atoms with van der Waals surface area (Å²) in [5.41, 5.74) is 0. The Morgan fingerprint density at radius 3 is 2.81 bits per heavy atom. The monoisotopic (exact) mass is 242 g/mol. The maximum Gasteiger partial charge on any atom is 0.287 e. The summed E-state index contributed by atoms with van der Waals surface area (Å²) in [5, 5.41) is 2.03. The number of sulfonamides is 1. The van der Waals surface area contributed by atoms with Crippen molar-refractivity contribution in [3.8, 4) is 12.3 Å². The van der Waals surface area contributed by atoms with Gasteiger partial charge >= 0.3 is 0 Å². The molecule has 0 aliphatic carbocycles. The Balaban J connectivity index is 2.88. The van der Waals surface area contributed by atoms with Crippen LogP contribution < -0.4 is 10.0 Å². The number of amides is 1. The molecular weight excluding hydrogens is 232 g/mol. The Kier molecular flexibility index (Phi) is 3.71. The highest BCUT2D eigenvalue weighted by molar-refractivity contribution is 7.89. The lowest BCUT2D eigenvalue weighted by Crippen LogP contribution is -2.23. The number of rotatable bonds is 4. The van der Waals surface area contributed by atoms with Crippen molar-refractivity contribution in [1.29, 1.82) is 0 Å². The molecule has 0 saturated heterocycles. The molecule has 0 saturated carbocycles. The van der Waals surface area contributed by atoms with E-state index in [2.05, 4.69) is 16.0 Å². The minimum Gasteiger partial charge on any atom is -0.438 e. The van der Waals surface area contributed by atoms with Crippen LogP contribution >= 0.6 is 0 Å². The number of hydrogen-bond donors (Lipinski definition) is 2. The van der Waals surface area contributed by atoms with Crippen molar-refractivity contribution < 1.29 is 17.6 Å². The van der Waals surface area contributed by atoms with Gasteiger partial charge in [0.25, 0.3) is 15.9 Å². The maximum absolute atomic E-state index is 11.3. The zero-order valence-corrected chi connectivity index (χ0v) is 9.30. The molecule has 0 unspecified atom stereocenters. The lowest BCUT2D eigenvalue weighted by molar-refractivity contribution is 0.0926. The average molecular weight is 242 g/mol. The van der Waals surface area contributed by atoms with Crippen LogP contribution in [0.3, 0.4) is 0 Å². The van der Waals surface area contributed by atoms with Gasteiger partial charge in [-0.15, -0.1) is 6.42 Å². The van der Waals surface area contributed by atoms with Gasteiger partial charge in [0.15, 0.2) is 5.76 Å². The van der Waals surface area contributed by atoms with Gasteiger partial charge in [-0.25, -0.2) is 13.1 Å². The summed E-state index contributed by atoms with van der Waals surface area (Å²) < 4.78 is 29.5. The van der Waals surface area contributed by atoms with Gasteiger partial charge in [0, 0.05) is 0 Å². The summed E-state index contributed by atoms with van der Waals surface area (Å²) in [7, 11) is -2.42. The van der Waals surface area contributed by atoms with E-state index in [0.29, 0.717) is 0 Å². The van der Waals surface area contributed by atoms with E-state index in [9.17, 15) is 13.2 Å². The number of carbonyl (C=O) groups is 1. The normalized spacial score (nSPS) is 10.8. The molecule has 1 rings (SSSR count). The van der Waals surface area contributed by atoms with Crippen LogP contribution in [0.4, 0.5) is 0 Å². The van der Waals surface area contributed by atoms with Gasteiger partial charge < -0.3 is 9.73 Å². The molecule has 16 heavy (non-hydrogen) atoms. The Bertz CT molecular complexity index is 524. The number of nitrogens with one attached hydrogen (secondary N) is 2. The van der Waals surface area contributed by atoms with Crippen LogP contribution in [0, 0.1) is 12.3 Å². The summed E-state index contributed by atoms with van der Waals surface area (Å²) >= 11 is 0. The van der Waals surface area contributed by atoms with Crippen LogP contribution in [0.25, 0.3) is 0 Å². The van der Waals surface area contributed by atoms with Crippen molar-refractivity contribution in [3.05, 3.63) is 17.9 Å². The molecule has 0 radical (unpaired) electrons. The maximum atomic E-state index is 11.3. The molecule has 0 aliphatic rings.